The van der Waals surface area contributed by atoms with Crippen molar-refractivity contribution >= 4 is 15.9 Å². The lowest BCUT2D eigenvalue weighted by Gasteiger charge is -2.05. The molecule has 1 N–H and O–H groups in total. The van der Waals surface area contributed by atoms with E-state index < -0.39 is 0 Å². The molecule has 0 radical (unpaired) electrons. The molecule has 0 bridgehead atoms. The fraction of sp³-hybridized carbons (Fsp3) is 0.286. The minimum absolute atomic E-state index is 0.683. The summed E-state index contributed by atoms with van der Waals surface area (Å²) in [7, 11) is 0. The first-order valence-electron chi connectivity index (χ1n) is 6.12. The minimum atomic E-state index is 0.683. The summed E-state index contributed by atoms with van der Waals surface area (Å²) in [6, 6.07) is 10.8. The zero-order valence-corrected chi connectivity index (χ0v) is 11.5. The maximum Gasteiger partial charge on any atom is 0.142 e. The van der Waals surface area contributed by atoms with Gasteiger partial charge in [0.15, 0.2) is 0 Å². The Balaban J connectivity index is 1.80. The van der Waals surface area contributed by atoms with Gasteiger partial charge in [-0.3, -0.25) is 0 Å². The highest BCUT2D eigenvalue weighted by atomic mass is 79.9. The molecule has 18 heavy (non-hydrogen) atoms. The molecule has 3 rings (SSSR count). The fourth-order valence-corrected chi connectivity index (χ4v) is 2.22. The van der Waals surface area contributed by atoms with Crippen LogP contribution in [0.5, 0.6) is 0 Å². The predicted molar refractivity (Wildman–Crippen MR) is 75.0 cm³/mol. The molecule has 4 heteroatoms. The second-order valence-corrected chi connectivity index (χ2v) is 5.44. The van der Waals surface area contributed by atoms with Gasteiger partial charge in [-0.2, -0.15) is 0 Å². The van der Waals surface area contributed by atoms with Gasteiger partial charge in [0.2, 0.25) is 0 Å². The summed E-state index contributed by atoms with van der Waals surface area (Å²) in [6.45, 7) is 0.756. The van der Waals surface area contributed by atoms with Gasteiger partial charge < -0.3 is 5.32 Å². The molecule has 1 fully saturated rings. The van der Waals surface area contributed by atoms with Crippen LogP contribution in [0.2, 0.25) is 0 Å². The largest absolute Gasteiger partial charge is 0.307 e. The summed E-state index contributed by atoms with van der Waals surface area (Å²) in [5.41, 5.74) is 2.08. The van der Waals surface area contributed by atoms with Crippen LogP contribution in [0.25, 0.3) is 11.3 Å². The first-order chi connectivity index (χ1) is 8.81. The van der Waals surface area contributed by atoms with Crippen LogP contribution in [0.15, 0.2) is 41.0 Å². The van der Waals surface area contributed by atoms with Crippen molar-refractivity contribution in [3.8, 4) is 11.3 Å². The van der Waals surface area contributed by atoms with E-state index in [1.807, 2.05) is 24.4 Å². The number of rotatable bonds is 4. The lowest BCUT2D eigenvalue weighted by Crippen LogP contribution is -2.17. The molecule has 2 aromatic rings. The van der Waals surface area contributed by atoms with Crippen LogP contribution in [-0.2, 0) is 6.54 Å². The monoisotopic (exact) mass is 303 g/mol. The number of nitrogens with zero attached hydrogens (tertiary/aromatic N) is 2. The molecule has 1 heterocycles. The van der Waals surface area contributed by atoms with Crippen molar-refractivity contribution in [2.45, 2.75) is 25.4 Å². The van der Waals surface area contributed by atoms with Gasteiger partial charge in [-0.1, -0.05) is 28.1 Å². The zero-order chi connectivity index (χ0) is 12.4. The SMILES string of the molecule is Brc1cccc(-c2ccnc(CNC3CC3)n2)c1. The summed E-state index contributed by atoms with van der Waals surface area (Å²) < 4.78 is 1.07. The van der Waals surface area contributed by atoms with Crippen LogP contribution in [-0.4, -0.2) is 16.0 Å². The minimum Gasteiger partial charge on any atom is -0.307 e. The van der Waals surface area contributed by atoms with Crippen molar-refractivity contribution in [2.75, 3.05) is 0 Å². The number of hydrogen-bond acceptors (Lipinski definition) is 3. The van der Waals surface area contributed by atoms with E-state index in [1.165, 1.54) is 12.8 Å². The van der Waals surface area contributed by atoms with Crippen LogP contribution in [0.4, 0.5) is 0 Å². The average Bonchev–Trinajstić information content (AvgIpc) is 3.21. The van der Waals surface area contributed by atoms with Crippen molar-refractivity contribution in [1.29, 1.82) is 0 Å². The Labute approximate surface area is 115 Å². The molecule has 0 atom stereocenters. The van der Waals surface area contributed by atoms with Gasteiger partial charge in [0.1, 0.15) is 5.82 Å². The Morgan fingerprint density at radius 1 is 1.28 bits per heavy atom. The second kappa shape index (κ2) is 5.16. The summed E-state index contributed by atoms with van der Waals surface area (Å²) >= 11 is 3.48. The van der Waals surface area contributed by atoms with E-state index in [9.17, 15) is 0 Å². The molecular weight excluding hydrogens is 290 g/mol. The highest BCUT2D eigenvalue weighted by Crippen LogP contribution is 2.21. The van der Waals surface area contributed by atoms with Crippen molar-refractivity contribution in [1.82, 2.24) is 15.3 Å². The molecule has 1 aromatic heterocycles. The standard InChI is InChI=1S/C14H14BrN3/c15-11-3-1-2-10(8-11)13-6-7-16-14(18-13)9-17-12-4-5-12/h1-3,6-8,12,17H,4-5,9H2. The smallest absolute Gasteiger partial charge is 0.142 e. The van der Waals surface area contributed by atoms with Crippen LogP contribution in [0.1, 0.15) is 18.7 Å². The van der Waals surface area contributed by atoms with Crippen LogP contribution in [0, 0.1) is 0 Å². The molecule has 1 aliphatic rings. The Hall–Kier alpha value is -1.26. The third-order valence-corrected chi connectivity index (χ3v) is 3.45. The van der Waals surface area contributed by atoms with Crippen molar-refractivity contribution in [2.24, 2.45) is 0 Å². The first kappa shape index (κ1) is 11.8. The van der Waals surface area contributed by atoms with Crippen molar-refractivity contribution < 1.29 is 0 Å². The van der Waals surface area contributed by atoms with Gasteiger partial charge >= 0.3 is 0 Å². The zero-order valence-electron chi connectivity index (χ0n) is 9.94. The molecule has 0 unspecified atom stereocenters. The molecule has 1 aliphatic carbocycles. The summed E-state index contributed by atoms with van der Waals surface area (Å²) in [4.78, 5) is 8.89. The number of benzene rings is 1. The Morgan fingerprint density at radius 2 is 2.17 bits per heavy atom. The van der Waals surface area contributed by atoms with Gasteiger partial charge in [-0.15, -0.1) is 0 Å². The van der Waals surface area contributed by atoms with Gasteiger partial charge in [0, 0.05) is 22.3 Å². The third-order valence-electron chi connectivity index (χ3n) is 2.95. The molecule has 92 valence electrons. The van der Waals surface area contributed by atoms with Crippen molar-refractivity contribution in [3.05, 3.63) is 46.8 Å². The maximum atomic E-state index is 4.59. The lowest BCUT2D eigenvalue weighted by molar-refractivity contribution is 0.658. The normalized spacial score (nSPS) is 14.7. The fourth-order valence-electron chi connectivity index (χ4n) is 1.82. The quantitative estimate of drug-likeness (QED) is 0.943. The van der Waals surface area contributed by atoms with Crippen LogP contribution >= 0.6 is 15.9 Å². The summed E-state index contributed by atoms with van der Waals surface area (Å²) in [5.74, 6) is 0.861. The number of aromatic nitrogens is 2. The number of halogens is 1. The van der Waals surface area contributed by atoms with Gasteiger partial charge in [0.05, 0.1) is 12.2 Å². The first-order valence-corrected chi connectivity index (χ1v) is 6.92. The number of nitrogens with one attached hydrogen (secondary N) is 1. The predicted octanol–water partition coefficient (Wildman–Crippen LogP) is 3.16. The molecule has 0 saturated heterocycles. The third kappa shape index (κ3) is 2.94. The van der Waals surface area contributed by atoms with E-state index >= 15 is 0 Å². The van der Waals surface area contributed by atoms with Crippen LogP contribution in [0.3, 0.4) is 0 Å². The molecule has 0 aliphatic heterocycles. The molecule has 0 amide bonds. The van der Waals surface area contributed by atoms with E-state index in [-0.39, 0.29) is 0 Å². The van der Waals surface area contributed by atoms with E-state index in [2.05, 4.69) is 43.3 Å². The molecule has 1 aromatic carbocycles. The topological polar surface area (TPSA) is 37.8 Å². The Kier molecular flexibility index (Phi) is 3.39. The highest BCUT2D eigenvalue weighted by Gasteiger charge is 2.20. The average molecular weight is 304 g/mol. The highest BCUT2D eigenvalue weighted by molar-refractivity contribution is 9.10. The number of hydrogen-bond donors (Lipinski definition) is 1. The maximum absolute atomic E-state index is 4.59. The van der Waals surface area contributed by atoms with Crippen molar-refractivity contribution in [3.63, 3.8) is 0 Å². The van der Waals surface area contributed by atoms with Crippen LogP contribution < -0.4 is 5.32 Å². The lowest BCUT2D eigenvalue weighted by atomic mass is 10.1. The Bertz CT molecular complexity index is 552. The summed E-state index contributed by atoms with van der Waals surface area (Å²) in [6.07, 6.45) is 4.39. The van der Waals surface area contributed by atoms with Gasteiger partial charge in [0.25, 0.3) is 0 Å². The second-order valence-electron chi connectivity index (χ2n) is 4.52. The molecule has 3 nitrogen and oxygen atoms in total. The van der Waals surface area contributed by atoms with E-state index in [0.29, 0.717) is 6.04 Å². The molecule has 0 spiro atoms. The van der Waals surface area contributed by atoms with E-state index in [0.717, 1.165) is 28.1 Å². The molecular formula is C14H14BrN3. The van der Waals surface area contributed by atoms with E-state index in [1.54, 1.807) is 0 Å². The van der Waals surface area contributed by atoms with Gasteiger partial charge in [-0.05, 0) is 31.0 Å². The Morgan fingerprint density at radius 3 is 2.94 bits per heavy atom. The molecule has 1 saturated carbocycles. The summed E-state index contributed by atoms with van der Waals surface area (Å²) in [5, 5.41) is 3.43. The van der Waals surface area contributed by atoms with E-state index in [4.69, 9.17) is 0 Å². The van der Waals surface area contributed by atoms with Gasteiger partial charge in [-0.25, -0.2) is 9.97 Å².